The van der Waals surface area contributed by atoms with Crippen molar-refractivity contribution in [3.63, 3.8) is 0 Å². The van der Waals surface area contributed by atoms with Crippen LogP contribution in [0.15, 0.2) is 52.7 Å². The van der Waals surface area contributed by atoms with E-state index in [1.165, 1.54) is 46.4 Å². The fraction of sp³-hybridized carbons (Fsp3) is 0.0625. The molecule has 0 saturated carbocycles. The molecule has 4 N–H and O–H groups in total. The van der Waals surface area contributed by atoms with Gasteiger partial charge in [0.15, 0.2) is 5.69 Å². The van der Waals surface area contributed by atoms with Crippen molar-refractivity contribution in [2.75, 3.05) is 10.6 Å². The van der Waals surface area contributed by atoms with E-state index >= 15 is 0 Å². The number of sulfonamides is 1. The maximum absolute atomic E-state index is 12.3. The summed E-state index contributed by atoms with van der Waals surface area (Å²) in [6.45, 7) is 0. The Hall–Kier alpha value is -3.02. The van der Waals surface area contributed by atoms with E-state index in [1.54, 1.807) is 24.6 Å². The number of carbonyl (C=O) groups is 2. The van der Waals surface area contributed by atoms with Crippen LogP contribution in [0.3, 0.4) is 0 Å². The van der Waals surface area contributed by atoms with Crippen molar-refractivity contribution in [3.05, 3.63) is 58.4 Å². The Labute approximate surface area is 158 Å². The highest BCUT2D eigenvalue weighted by molar-refractivity contribution is 7.89. The van der Waals surface area contributed by atoms with Crippen LogP contribution in [-0.4, -0.2) is 30.0 Å². The lowest BCUT2D eigenvalue weighted by atomic mass is 10.3. The van der Waals surface area contributed by atoms with Crippen molar-refractivity contribution in [3.8, 4) is 0 Å². The molecule has 0 aliphatic heterocycles. The lowest BCUT2D eigenvalue weighted by Gasteiger charge is -2.04. The second-order valence-electron chi connectivity index (χ2n) is 5.49. The third-order valence-corrected chi connectivity index (χ3v) is 5.34. The molecule has 11 heteroatoms. The van der Waals surface area contributed by atoms with Gasteiger partial charge < -0.3 is 10.6 Å². The van der Waals surface area contributed by atoms with Crippen LogP contribution in [0.5, 0.6) is 0 Å². The van der Waals surface area contributed by atoms with Crippen LogP contribution in [0.1, 0.15) is 20.2 Å². The largest absolute Gasteiger partial charge is 0.321 e. The van der Waals surface area contributed by atoms with Gasteiger partial charge in [-0.2, -0.15) is 5.10 Å². The van der Waals surface area contributed by atoms with Gasteiger partial charge in [0.1, 0.15) is 5.82 Å². The maximum Gasteiger partial charge on any atom is 0.276 e. The lowest BCUT2D eigenvalue weighted by Crippen LogP contribution is -2.14. The summed E-state index contributed by atoms with van der Waals surface area (Å²) in [6, 6.07) is 10.3. The van der Waals surface area contributed by atoms with Crippen LogP contribution in [0.25, 0.3) is 0 Å². The van der Waals surface area contributed by atoms with E-state index in [0.717, 1.165) is 0 Å². The molecule has 0 spiro atoms. The highest BCUT2D eigenvalue weighted by Crippen LogP contribution is 2.17. The molecule has 0 unspecified atom stereocenters. The molecular weight excluding hydrogens is 390 g/mol. The lowest BCUT2D eigenvalue weighted by molar-refractivity contribution is 0.101. The molecule has 0 radical (unpaired) electrons. The molecule has 0 bridgehead atoms. The van der Waals surface area contributed by atoms with Gasteiger partial charge >= 0.3 is 0 Å². The number of aromatic nitrogens is 2. The predicted molar refractivity (Wildman–Crippen MR) is 101 cm³/mol. The standard InChI is InChI=1S/C16H15N5O4S2/c1-21-14(19-16(23)13-3-2-8-26-13)9-12(20-21)15(22)18-10-4-6-11(7-5-10)27(17,24)25/h2-9H,1H3,(H,18,22)(H,19,23)(H2,17,24,25). The Bertz CT molecular complexity index is 1090. The first-order valence-corrected chi connectivity index (χ1v) is 10.00. The smallest absolute Gasteiger partial charge is 0.276 e. The van der Waals surface area contributed by atoms with Crippen molar-refractivity contribution in [2.45, 2.75) is 4.90 Å². The van der Waals surface area contributed by atoms with Crippen LogP contribution in [0, 0.1) is 0 Å². The summed E-state index contributed by atoms with van der Waals surface area (Å²) >= 11 is 1.30. The number of anilines is 2. The average Bonchev–Trinajstić information content (AvgIpc) is 3.25. The van der Waals surface area contributed by atoms with Crippen LogP contribution >= 0.6 is 11.3 Å². The zero-order chi connectivity index (χ0) is 19.6. The second-order valence-corrected chi connectivity index (χ2v) is 8.00. The van der Waals surface area contributed by atoms with E-state index in [4.69, 9.17) is 5.14 Å². The number of thiophene rings is 1. The summed E-state index contributed by atoms with van der Waals surface area (Å²) in [5.74, 6) is -0.438. The van der Waals surface area contributed by atoms with E-state index in [0.29, 0.717) is 16.4 Å². The monoisotopic (exact) mass is 405 g/mol. The fourth-order valence-corrected chi connectivity index (χ4v) is 3.34. The molecule has 0 aliphatic rings. The number of aryl methyl sites for hydroxylation is 1. The molecule has 0 saturated heterocycles. The highest BCUT2D eigenvalue weighted by Gasteiger charge is 2.16. The summed E-state index contributed by atoms with van der Waals surface area (Å²) in [6.07, 6.45) is 0. The molecule has 27 heavy (non-hydrogen) atoms. The summed E-state index contributed by atoms with van der Waals surface area (Å²) in [4.78, 5) is 24.9. The number of nitrogens with one attached hydrogen (secondary N) is 2. The van der Waals surface area contributed by atoms with Gasteiger partial charge in [-0.1, -0.05) is 6.07 Å². The summed E-state index contributed by atoms with van der Waals surface area (Å²) in [5.41, 5.74) is 0.469. The zero-order valence-corrected chi connectivity index (χ0v) is 15.7. The number of nitrogens with two attached hydrogens (primary N) is 1. The number of benzene rings is 1. The molecule has 2 amide bonds. The van der Waals surface area contributed by atoms with E-state index < -0.39 is 15.9 Å². The van der Waals surface area contributed by atoms with Gasteiger partial charge in [0.25, 0.3) is 11.8 Å². The molecule has 1 aromatic carbocycles. The quantitative estimate of drug-likeness (QED) is 0.593. The zero-order valence-electron chi connectivity index (χ0n) is 14.0. The van der Waals surface area contributed by atoms with E-state index in [9.17, 15) is 18.0 Å². The van der Waals surface area contributed by atoms with E-state index in [1.807, 2.05) is 0 Å². The minimum absolute atomic E-state index is 0.0584. The van der Waals surface area contributed by atoms with Crippen molar-refractivity contribution in [1.82, 2.24) is 9.78 Å². The summed E-state index contributed by atoms with van der Waals surface area (Å²) < 4.78 is 23.9. The van der Waals surface area contributed by atoms with Crippen LogP contribution < -0.4 is 15.8 Å². The van der Waals surface area contributed by atoms with Gasteiger partial charge in [0.2, 0.25) is 10.0 Å². The molecule has 0 fully saturated rings. The van der Waals surface area contributed by atoms with Gasteiger partial charge in [0, 0.05) is 18.8 Å². The van der Waals surface area contributed by atoms with Crippen LogP contribution in [0.4, 0.5) is 11.5 Å². The van der Waals surface area contributed by atoms with Gasteiger partial charge in [-0.05, 0) is 35.7 Å². The van der Waals surface area contributed by atoms with Gasteiger partial charge in [-0.3, -0.25) is 14.3 Å². The molecule has 2 aromatic heterocycles. The normalized spacial score (nSPS) is 11.2. The Morgan fingerprint density at radius 2 is 1.81 bits per heavy atom. The number of nitrogens with zero attached hydrogens (tertiary/aromatic N) is 2. The van der Waals surface area contributed by atoms with Crippen LogP contribution in [-0.2, 0) is 17.1 Å². The highest BCUT2D eigenvalue weighted by atomic mass is 32.2. The first-order valence-electron chi connectivity index (χ1n) is 7.57. The molecule has 0 aliphatic carbocycles. The van der Waals surface area contributed by atoms with Gasteiger partial charge in [-0.25, -0.2) is 13.6 Å². The maximum atomic E-state index is 12.3. The molecular formula is C16H15N5O4S2. The Kier molecular flexibility index (Phi) is 5.08. The topological polar surface area (TPSA) is 136 Å². The first-order chi connectivity index (χ1) is 12.7. The Morgan fingerprint density at radius 1 is 1.11 bits per heavy atom. The SMILES string of the molecule is Cn1nc(C(=O)Nc2ccc(S(N)(=O)=O)cc2)cc1NC(=O)c1cccs1. The van der Waals surface area contributed by atoms with Crippen molar-refractivity contribution >= 4 is 44.7 Å². The molecule has 140 valence electrons. The van der Waals surface area contributed by atoms with Crippen molar-refractivity contribution in [2.24, 2.45) is 12.2 Å². The number of hydrogen-bond donors (Lipinski definition) is 3. The predicted octanol–water partition coefficient (Wildman–Crippen LogP) is 1.63. The second kappa shape index (κ2) is 7.31. The van der Waals surface area contributed by atoms with E-state index in [-0.39, 0.29) is 16.5 Å². The number of amides is 2. The molecule has 2 heterocycles. The molecule has 3 aromatic rings. The van der Waals surface area contributed by atoms with E-state index in [2.05, 4.69) is 15.7 Å². The molecule has 0 atom stereocenters. The van der Waals surface area contributed by atoms with Gasteiger partial charge in [-0.15, -0.1) is 11.3 Å². The average molecular weight is 405 g/mol. The Balaban J connectivity index is 1.71. The Morgan fingerprint density at radius 3 is 2.41 bits per heavy atom. The number of rotatable bonds is 5. The minimum atomic E-state index is -3.80. The third kappa shape index (κ3) is 4.39. The minimum Gasteiger partial charge on any atom is -0.321 e. The van der Waals surface area contributed by atoms with Gasteiger partial charge in [0.05, 0.1) is 9.77 Å². The fourth-order valence-electron chi connectivity index (χ4n) is 2.20. The first kappa shape index (κ1) is 18.8. The van der Waals surface area contributed by atoms with Crippen molar-refractivity contribution in [1.29, 1.82) is 0 Å². The number of carbonyl (C=O) groups excluding carboxylic acids is 2. The number of primary sulfonamides is 1. The van der Waals surface area contributed by atoms with Crippen LogP contribution in [0.2, 0.25) is 0 Å². The number of hydrogen-bond acceptors (Lipinski definition) is 6. The van der Waals surface area contributed by atoms with Crippen molar-refractivity contribution < 1.29 is 18.0 Å². The summed E-state index contributed by atoms with van der Waals surface area (Å²) in [5, 5.41) is 16.2. The molecule has 3 rings (SSSR count). The third-order valence-electron chi connectivity index (χ3n) is 3.54. The molecule has 9 nitrogen and oxygen atoms in total. The summed E-state index contributed by atoms with van der Waals surface area (Å²) in [7, 11) is -2.20.